The highest BCUT2D eigenvalue weighted by molar-refractivity contribution is 7.44. The molecule has 15 heteroatoms. The van der Waals surface area contributed by atoms with E-state index in [2.05, 4.69) is 49.6 Å². The molecule has 1 aliphatic heterocycles. The first kappa shape index (κ1) is 46.9. The highest BCUT2D eigenvalue weighted by Crippen LogP contribution is 2.54. The van der Waals surface area contributed by atoms with E-state index in [4.69, 9.17) is 27.7 Å². The van der Waals surface area contributed by atoms with E-state index in [0.29, 0.717) is 11.5 Å². The molecular formula is C45H61N4O9PSi. The maximum Gasteiger partial charge on any atom is 0.330 e. The van der Waals surface area contributed by atoms with Gasteiger partial charge in [-0.3, -0.25) is 14.3 Å². The Bertz CT molecular complexity index is 2100. The molecule has 0 radical (unpaired) electrons. The van der Waals surface area contributed by atoms with Gasteiger partial charge in [0.2, 0.25) is 0 Å². The van der Waals surface area contributed by atoms with Crippen LogP contribution in [-0.2, 0) is 23.6 Å². The summed E-state index contributed by atoms with van der Waals surface area (Å²) in [5.41, 5.74) is -0.428. The lowest BCUT2D eigenvalue weighted by molar-refractivity contribution is -0.0973. The van der Waals surface area contributed by atoms with E-state index in [9.17, 15) is 20.0 Å². The Kier molecular flexibility index (Phi) is 15.4. The second-order valence-corrected chi connectivity index (χ2v) is 23.2. The molecule has 1 fully saturated rings. The third kappa shape index (κ3) is 9.80. The molecule has 4 aromatic rings. The molecule has 0 spiro atoms. The Morgan fingerprint density at radius 1 is 0.867 bits per heavy atom. The van der Waals surface area contributed by atoms with Gasteiger partial charge in [-0.15, -0.1) is 0 Å². The lowest BCUT2D eigenvalue weighted by atomic mass is 9.64. The lowest BCUT2D eigenvalue weighted by Gasteiger charge is -2.45. The third-order valence-electron chi connectivity index (χ3n) is 11.5. The number of ether oxygens (including phenoxy) is 3. The summed E-state index contributed by atoms with van der Waals surface area (Å²) in [6.07, 6.45) is -4.38. The summed E-state index contributed by atoms with van der Waals surface area (Å²) in [6, 6.07) is 28.1. The van der Waals surface area contributed by atoms with Crippen LogP contribution in [0.2, 0.25) is 18.1 Å². The normalized spacial score (nSPS) is 19.7. The number of aliphatic hydroxyl groups is 1. The Labute approximate surface area is 356 Å². The van der Waals surface area contributed by atoms with Crippen molar-refractivity contribution in [2.24, 2.45) is 0 Å². The van der Waals surface area contributed by atoms with Crippen molar-refractivity contribution in [1.82, 2.24) is 14.2 Å². The lowest BCUT2D eigenvalue weighted by Crippen LogP contribution is -2.55. The first-order chi connectivity index (χ1) is 28.4. The number of nitrogens with zero attached hydrogens (tertiary/aromatic N) is 3. The van der Waals surface area contributed by atoms with Gasteiger partial charge in [0.15, 0.2) is 14.5 Å². The van der Waals surface area contributed by atoms with Crippen molar-refractivity contribution in [2.75, 3.05) is 20.8 Å². The first-order valence-electron chi connectivity index (χ1n) is 20.3. The Morgan fingerprint density at radius 2 is 1.40 bits per heavy atom. The summed E-state index contributed by atoms with van der Waals surface area (Å²) in [5, 5.41) is 23.0. The first-order valence-corrected chi connectivity index (χ1v) is 24.4. The van der Waals surface area contributed by atoms with Gasteiger partial charge in [-0.25, -0.2) is 9.46 Å². The largest absolute Gasteiger partial charge is 0.497 e. The number of H-pyrrole nitrogens is 1. The number of hydrogen-bond donors (Lipinski definition) is 2. The van der Waals surface area contributed by atoms with E-state index in [0.717, 1.165) is 16.7 Å². The zero-order chi connectivity index (χ0) is 44.0. The van der Waals surface area contributed by atoms with Crippen molar-refractivity contribution in [1.29, 1.82) is 5.26 Å². The number of nitrogens with one attached hydrogen (secondary N) is 1. The van der Waals surface area contributed by atoms with Crippen LogP contribution in [0.15, 0.2) is 101 Å². The Hall–Kier alpha value is -4.16. The molecule has 2 heterocycles. The molecule has 6 atom stereocenters. The maximum absolute atomic E-state index is 13.8. The van der Waals surface area contributed by atoms with Crippen LogP contribution in [0.1, 0.15) is 77.8 Å². The van der Waals surface area contributed by atoms with Gasteiger partial charge in [0, 0.05) is 24.3 Å². The van der Waals surface area contributed by atoms with Crippen LogP contribution < -0.4 is 20.7 Å². The van der Waals surface area contributed by atoms with Gasteiger partial charge in [0.25, 0.3) is 14.1 Å². The number of nitriles is 1. The number of aliphatic hydroxyl groups excluding tert-OH is 1. The van der Waals surface area contributed by atoms with Crippen LogP contribution in [0, 0.1) is 11.3 Å². The number of methoxy groups -OCH3 is 2. The standard InChI is InChI=1S/C45H61N4O9PSi/c1-30(2)49(31(3)4)59(55-29-15-27-46)57-38-39(56-42(48-28-26-37(50)47-43(48)52)40(38)58-60(10,11)44(5,6)7)41(51)45(32-16-13-12-14-17-32,33-18-22-35(53-8)23-19-33)34-20-24-36(54-9)25-21-34/h12-14,16-26,28,30-31,38-42,51H,15,29H2,1-11H3,(H,47,50,52)/t38-,39+,40-,41?,42-,59?/m1/s1. The SMILES string of the molecule is COc1ccc(C(c2ccccc2)(c2ccc(OC)cc2)C(O)[C@H]2O[C@@H](n3ccc(=O)[nH]c3=O)[C@H](O[Si](C)(C)C(C)(C)C)[C@@H]2OP(OCCC#N)N(C(C)C)C(C)C)cc1. The smallest absolute Gasteiger partial charge is 0.330 e. The Balaban J connectivity index is 1.86. The average molecular weight is 861 g/mol. The Morgan fingerprint density at radius 3 is 1.87 bits per heavy atom. The van der Waals surface area contributed by atoms with Gasteiger partial charge >= 0.3 is 5.69 Å². The number of rotatable bonds is 18. The monoisotopic (exact) mass is 860 g/mol. The fraction of sp³-hybridized carbons (Fsp3) is 0.489. The molecular weight excluding hydrogens is 800 g/mol. The minimum atomic E-state index is -2.74. The van der Waals surface area contributed by atoms with Crippen molar-refractivity contribution in [2.45, 2.75) is 121 Å². The molecule has 2 unspecified atom stereocenters. The molecule has 1 aliphatic rings. The van der Waals surface area contributed by atoms with Gasteiger partial charge in [-0.1, -0.05) is 75.4 Å². The van der Waals surface area contributed by atoms with E-state index in [1.807, 2.05) is 107 Å². The predicted molar refractivity (Wildman–Crippen MR) is 236 cm³/mol. The van der Waals surface area contributed by atoms with Gasteiger partial charge in [0.05, 0.1) is 38.7 Å². The zero-order valence-corrected chi connectivity index (χ0v) is 38.5. The molecule has 0 bridgehead atoms. The van der Waals surface area contributed by atoms with Crippen LogP contribution in [-0.4, -0.2) is 85.0 Å². The minimum Gasteiger partial charge on any atom is -0.497 e. The predicted octanol–water partition coefficient (Wildman–Crippen LogP) is 7.90. The van der Waals surface area contributed by atoms with Crippen molar-refractivity contribution in [3.63, 3.8) is 0 Å². The van der Waals surface area contributed by atoms with Crippen LogP contribution in [0.5, 0.6) is 11.5 Å². The van der Waals surface area contributed by atoms with Crippen molar-refractivity contribution >= 4 is 16.8 Å². The number of hydrogen-bond acceptors (Lipinski definition) is 11. The van der Waals surface area contributed by atoms with Gasteiger partial charge in [0.1, 0.15) is 35.9 Å². The zero-order valence-electron chi connectivity index (χ0n) is 36.6. The van der Waals surface area contributed by atoms with E-state index >= 15 is 0 Å². The molecule has 1 aromatic heterocycles. The summed E-state index contributed by atoms with van der Waals surface area (Å²) >= 11 is 0. The van der Waals surface area contributed by atoms with Crippen molar-refractivity contribution < 1.29 is 32.8 Å². The van der Waals surface area contributed by atoms with Crippen molar-refractivity contribution in [3.05, 3.63) is 129 Å². The molecule has 60 heavy (non-hydrogen) atoms. The summed E-state index contributed by atoms with van der Waals surface area (Å²) in [7, 11) is -1.48. The van der Waals surface area contributed by atoms with E-state index < -0.39 is 64.2 Å². The fourth-order valence-corrected chi connectivity index (χ4v) is 10.6. The quantitative estimate of drug-likeness (QED) is 0.0434. The number of aromatic amines is 1. The molecule has 0 amide bonds. The highest BCUT2D eigenvalue weighted by atomic mass is 31.2. The van der Waals surface area contributed by atoms with E-state index in [1.165, 1.54) is 16.8 Å². The van der Waals surface area contributed by atoms with Crippen molar-refractivity contribution in [3.8, 4) is 17.6 Å². The molecule has 3 aromatic carbocycles. The summed E-state index contributed by atoms with van der Waals surface area (Å²) in [4.78, 5) is 28.6. The summed E-state index contributed by atoms with van der Waals surface area (Å²) in [6.45, 7) is 18.8. The van der Waals surface area contributed by atoms with Gasteiger partial charge in [-0.05, 0) is 86.8 Å². The third-order valence-corrected chi connectivity index (χ3v) is 18.1. The summed E-state index contributed by atoms with van der Waals surface area (Å²) in [5.74, 6) is 1.26. The maximum atomic E-state index is 13.8. The molecule has 0 saturated carbocycles. The second-order valence-electron chi connectivity index (χ2n) is 17.0. The number of benzene rings is 3. The topological polar surface area (TPSA) is 158 Å². The molecule has 2 N–H and O–H groups in total. The number of aromatic nitrogens is 2. The second kappa shape index (κ2) is 19.7. The highest BCUT2D eigenvalue weighted by Gasteiger charge is 2.59. The van der Waals surface area contributed by atoms with Gasteiger partial charge in [-0.2, -0.15) is 5.26 Å². The van der Waals surface area contributed by atoms with Crippen LogP contribution in [0.3, 0.4) is 0 Å². The van der Waals surface area contributed by atoms with Crippen LogP contribution in [0.4, 0.5) is 0 Å². The minimum absolute atomic E-state index is 0.0525. The van der Waals surface area contributed by atoms with E-state index in [-0.39, 0.29) is 30.1 Å². The summed E-state index contributed by atoms with van der Waals surface area (Å²) < 4.78 is 42.8. The van der Waals surface area contributed by atoms with Gasteiger partial charge < -0.3 is 32.8 Å². The van der Waals surface area contributed by atoms with Crippen LogP contribution in [0.25, 0.3) is 0 Å². The average Bonchev–Trinajstić information content (AvgIpc) is 3.54. The van der Waals surface area contributed by atoms with E-state index in [1.54, 1.807) is 14.2 Å². The molecule has 0 aliphatic carbocycles. The fourth-order valence-electron chi connectivity index (χ4n) is 7.60. The molecule has 5 rings (SSSR count). The molecule has 324 valence electrons. The molecule has 1 saturated heterocycles. The molecule has 13 nitrogen and oxygen atoms in total. The van der Waals surface area contributed by atoms with Crippen LogP contribution >= 0.6 is 8.53 Å².